The highest BCUT2D eigenvalue weighted by atomic mass is 35.5. The second kappa shape index (κ2) is 7.40. The van der Waals surface area contributed by atoms with Crippen molar-refractivity contribution in [3.05, 3.63) is 51.8 Å². The van der Waals surface area contributed by atoms with Gasteiger partial charge in [-0.05, 0) is 36.6 Å². The number of ketones is 1. The summed E-state index contributed by atoms with van der Waals surface area (Å²) in [4.78, 5) is 12.4. The van der Waals surface area contributed by atoms with E-state index in [0.717, 1.165) is 5.56 Å². The number of halogens is 4. The molecule has 0 amide bonds. The Labute approximate surface area is 154 Å². The highest BCUT2D eigenvalue weighted by Gasteiger charge is 2.39. The number of alkyl halides is 3. The van der Waals surface area contributed by atoms with Crippen LogP contribution in [0.3, 0.4) is 0 Å². The Morgan fingerprint density at radius 2 is 2.04 bits per heavy atom. The lowest BCUT2D eigenvalue weighted by molar-refractivity contribution is -0.142. The van der Waals surface area contributed by atoms with Gasteiger partial charge in [0.15, 0.2) is 11.5 Å². The molecule has 1 unspecified atom stereocenters. The van der Waals surface area contributed by atoms with Crippen LogP contribution in [0.25, 0.3) is 0 Å². The van der Waals surface area contributed by atoms with Gasteiger partial charge in [-0.3, -0.25) is 9.48 Å². The fourth-order valence-electron chi connectivity index (χ4n) is 3.26. The van der Waals surface area contributed by atoms with Gasteiger partial charge in [0.05, 0.1) is 12.2 Å². The number of carbonyl (C=O) groups is 1. The molecule has 2 aromatic rings. The summed E-state index contributed by atoms with van der Waals surface area (Å²) in [5.41, 5.74) is 0.751. The number of nitrogens with zero attached hydrogens (tertiary/aromatic N) is 2. The zero-order valence-corrected chi connectivity index (χ0v) is 15.0. The Morgan fingerprint density at radius 1 is 1.35 bits per heavy atom. The van der Waals surface area contributed by atoms with Gasteiger partial charge in [-0.25, -0.2) is 0 Å². The average Bonchev–Trinajstić information content (AvgIpc) is 2.94. The Morgan fingerprint density at radius 3 is 2.69 bits per heavy atom. The van der Waals surface area contributed by atoms with Gasteiger partial charge in [-0.2, -0.15) is 18.3 Å². The molecule has 0 spiro atoms. The van der Waals surface area contributed by atoms with E-state index in [4.69, 9.17) is 11.6 Å². The maximum atomic E-state index is 13.2. The number of fused-ring (bicyclic) bond motifs is 1. The first-order valence-electron chi connectivity index (χ1n) is 8.39. The molecule has 0 saturated heterocycles. The van der Waals surface area contributed by atoms with Gasteiger partial charge < -0.3 is 5.32 Å². The van der Waals surface area contributed by atoms with E-state index in [0.29, 0.717) is 23.8 Å². The standard InChI is InChI=1S/C18H19ClF3N3O/c1-11(12-2-4-13(19)5-3-12)8-14(26)10-25-16-9-23-7-6-15(16)17(24-25)18(20,21)22/h2-5,11,23H,6-10H2,1H3. The van der Waals surface area contributed by atoms with Crippen LogP contribution in [0.2, 0.25) is 5.02 Å². The minimum atomic E-state index is -4.51. The number of carbonyl (C=O) groups excluding carboxylic acids is 1. The van der Waals surface area contributed by atoms with Crippen molar-refractivity contribution in [2.75, 3.05) is 6.54 Å². The molecule has 1 aromatic carbocycles. The average molecular weight is 386 g/mol. The smallest absolute Gasteiger partial charge is 0.311 e. The van der Waals surface area contributed by atoms with Crippen molar-refractivity contribution >= 4 is 17.4 Å². The molecule has 0 saturated carbocycles. The third-order valence-electron chi connectivity index (χ3n) is 4.58. The topological polar surface area (TPSA) is 46.9 Å². The van der Waals surface area contributed by atoms with Gasteiger partial charge in [0.25, 0.3) is 0 Å². The largest absolute Gasteiger partial charge is 0.435 e. The van der Waals surface area contributed by atoms with Crippen molar-refractivity contribution in [2.45, 2.75) is 44.9 Å². The van der Waals surface area contributed by atoms with Crippen LogP contribution >= 0.6 is 11.6 Å². The second-order valence-corrected chi connectivity index (χ2v) is 6.99. The summed E-state index contributed by atoms with van der Waals surface area (Å²) in [5.74, 6) is -0.205. The SMILES string of the molecule is CC(CC(=O)Cn1nc(C(F)(F)F)c2c1CNCC2)c1ccc(Cl)cc1. The van der Waals surface area contributed by atoms with Crippen molar-refractivity contribution in [2.24, 2.45) is 0 Å². The molecular formula is C18H19ClF3N3O. The van der Waals surface area contributed by atoms with Gasteiger partial charge in [-0.1, -0.05) is 30.7 Å². The molecular weight excluding hydrogens is 367 g/mol. The minimum absolute atomic E-state index is 0.0497. The number of aromatic nitrogens is 2. The first-order chi connectivity index (χ1) is 12.3. The summed E-state index contributed by atoms with van der Waals surface area (Å²) >= 11 is 5.86. The van der Waals surface area contributed by atoms with Crippen LogP contribution < -0.4 is 5.32 Å². The van der Waals surface area contributed by atoms with Crippen molar-refractivity contribution in [1.29, 1.82) is 0 Å². The summed E-state index contributed by atoms with van der Waals surface area (Å²) in [6.45, 7) is 2.52. The lowest BCUT2D eigenvalue weighted by atomic mass is 9.96. The van der Waals surface area contributed by atoms with Crippen LogP contribution in [-0.4, -0.2) is 22.1 Å². The Hall–Kier alpha value is -1.86. The quantitative estimate of drug-likeness (QED) is 0.847. The van der Waals surface area contributed by atoms with E-state index in [1.165, 1.54) is 4.68 Å². The van der Waals surface area contributed by atoms with Crippen LogP contribution in [0.5, 0.6) is 0 Å². The molecule has 3 rings (SSSR count). The number of hydrogen-bond acceptors (Lipinski definition) is 3. The first-order valence-corrected chi connectivity index (χ1v) is 8.77. The fourth-order valence-corrected chi connectivity index (χ4v) is 3.38. The molecule has 4 nitrogen and oxygen atoms in total. The molecule has 140 valence electrons. The first kappa shape index (κ1) is 18.9. The molecule has 0 aliphatic carbocycles. The van der Waals surface area contributed by atoms with Crippen LogP contribution in [0, 0.1) is 0 Å². The molecule has 2 heterocycles. The summed E-state index contributed by atoms with van der Waals surface area (Å²) in [6, 6.07) is 7.20. The number of Topliss-reactive ketones (excluding diaryl/α,β-unsaturated/α-hetero) is 1. The van der Waals surface area contributed by atoms with Gasteiger partial charge in [0.2, 0.25) is 0 Å². The number of rotatable bonds is 5. The summed E-state index contributed by atoms with van der Waals surface area (Å²) < 4.78 is 40.8. The Bertz CT molecular complexity index is 799. The molecule has 26 heavy (non-hydrogen) atoms. The lowest BCUT2D eigenvalue weighted by Gasteiger charge is -2.16. The van der Waals surface area contributed by atoms with Crippen molar-refractivity contribution in [3.63, 3.8) is 0 Å². The predicted octanol–water partition coefficient (Wildman–Crippen LogP) is 3.96. The van der Waals surface area contributed by atoms with Gasteiger partial charge >= 0.3 is 6.18 Å². The van der Waals surface area contributed by atoms with E-state index < -0.39 is 11.9 Å². The van der Waals surface area contributed by atoms with Crippen molar-refractivity contribution in [3.8, 4) is 0 Å². The molecule has 1 aromatic heterocycles. The maximum Gasteiger partial charge on any atom is 0.435 e. The normalized spacial score (nSPS) is 15.6. The lowest BCUT2D eigenvalue weighted by Crippen LogP contribution is -2.27. The van der Waals surface area contributed by atoms with Crippen LogP contribution in [-0.2, 0) is 30.5 Å². The van der Waals surface area contributed by atoms with Gasteiger partial charge in [-0.15, -0.1) is 0 Å². The van der Waals surface area contributed by atoms with E-state index in [1.807, 2.05) is 19.1 Å². The van der Waals surface area contributed by atoms with Crippen LogP contribution in [0.1, 0.15) is 41.8 Å². The molecule has 0 fully saturated rings. The summed E-state index contributed by atoms with van der Waals surface area (Å²) in [6.07, 6.45) is -4.02. The van der Waals surface area contributed by atoms with E-state index in [1.54, 1.807) is 12.1 Å². The number of hydrogen-bond donors (Lipinski definition) is 1. The van der Waals surface area contributed by atoms with E-state index in [-0.39, 0.29) is 36.7 Å². The van der Waals surface area contributed by atoms with E-state index in [9.17, 15) is 18.0 Å². The van der Waals surface area contributed by atoms with Gasteiger partial charge in [0, 0.05) is 23.6 Å². The van der Waals surface area contributed by atoms with E-state index in [2.05, 4.69) is 10.4 Å². The molecule has 0 bridgehead atoms. The molecule has 1 atom stereocenters. The Kier molecular flexibility index (Phi) is 5.39. The number of nitrogens with one attached hydrogen (secondary N) is 1. The minimum Gasteiger partial charge on any atom is -0.311 e. The van der Waals surface area contributed by atoms with Crippen LogP contribution in [0.15, 0.2) is 24.3 Å². The number of benzene rings is 1. The predicted molar refractivity (Wildman–Crippen MR) is 92.1 cm³/mol. The zero-order chi connectivity index (χ0) is 18.9. The molecule has 8 heteroatoms. The Balaban J connectivity index is 1.75. The highest BCUT2D eigenvalue weighted by Crippen LogP contribution is 2.34. The molecule has 1 aliphatic rings. The van der Waals surface area contributed by atoms with Crippen LogP contribution in [0.4, 0.5) is 13.2 Å². The maximum absolute atomic E-state index is 13.2. The second-order valence-electron chi connectivity index (χ2n) is 6.55. The van der Waals surface area contributed by atoms with Crippen molar-refractivity contribution in [1.82, 2.24) is 15.1 Å². The molecule has 1 aliphatic heterocycles. The van der Waals surface area contributed by atoms with Crippen molar-refractivity contribution < 1.29 is 18.0 Å². The molecule has 1 N–H and O–H groups in total. The summed E-state index contributed by atoms with van der Waals surface area (Å²) in [7, 11) is 0. The van der Waals surface area contributed by atoms with E-state index >= 15 is 0 Å². The third-order valence-corrected chi connectivity index (χ3v) is 4.83. The third kappa shape index (κ3) is 4.10. The molecule has 0 radical (unpaired) electrons. The highest BCUT2D eigenvalue weighted by molar-refractivity contribution is 6.30. The zero-order valence-electron chi connectivity index (χ0n) is 14.2. The fraction of sp³-hybridized carbons (Fsp3) is 0.444. The van der Waals surface area contributed by atoms with Gasteiger partial charge in [0.1, 0.15) is 0 Å². The summed E-state index contributed by atoms with van der Waals surface area (Å²) in [5, 5.41) is 7.36. The monoisotopic (exact) mass is 385 g/mol.